The van der Waals surface area contributed by atoms with E-state index in [1.54, 1.807) is 0 Å². The van der Waals surface area contributed by atoms with E-state index in [4.69, 9.17) is 10.2 Å². The Bertz CT molecular complexity index is 319. The fourth-order valence-corrected chi connectivity index (χ4v) is 2.56. The van der Waals surface area contributed by atoms with E-state index >= 15 is 0 Å². The van der Waals surface area contributed by atoms with Crippen molar-refractivity contribution in [2.75, 3.05) is 13.1 Å². The molecule has 0 spiro atoms. The number of rotatable bonds is 4. The zero-order valence-corrected chi connectivity index (χ0v) is 10.1. The largest absolute Gasteiger partial charge is 0.465 e. The van der Waals surface area contributed by atoms with Crippen molar-refractivity contribution in [3.63, 3.8) is 0 Å². The van der Waals surface area contributed by atoms with Crippen LogP contribution in [0.1, 0.15) is 37.2 Å². The molecule has 0 aliphatic carbocycles. The fraction of sp³-hybridized carbons (Fsp3) is 0.692. The van der Waals surface area contributed by atoms with E-state index in [-0.39, 0.29) is 0 Å². The van der Waals surface area contributed by atoms with Crippen LogP contribution in [0.2, 0.25) is 0 Å². The molecule has 2 N–H and O–H groups in total. The Balaban J connectivity index is 1.95. The Morgan fingerprint density at radius 3 is 3.00 bits per heavy atom. The first-order valence-corrected chi connectivity index (χ1v) is 6.29. The molecule has 2 rings (SSSR count). The van der Waals surface area contributed by atoms with Gasteiger partial charge in [-0.25, -0.2) is 0 Å². The van der Waals surface area contributed by atoms with E-state index in [0.29, 0.717) is 6.04 Å². The van der Waals surface area contributed by atoms with Gasteiger partial charge in [-0.1, -0.05) is 6.42 Å². The van der Waals surface area contributed by atoms with Gasteiger partial charge in [0.25, 0.3) is 0 Å². The Hall–Kier alpha value is -0.800. The second-order valence-corrected chi connectivity index (χ2v) is 4.71. The molecule has 16 heavy (non-hydrogen) atoms. The van der Waals surface area contributed by atoms with Gasteiger partial charge < -0.3 is 10.2 Å². The Kier molecular flexibility index (Phi) is 4.02. The van der Waals surface area contributed by atoms with Gasteiger partial charge in [0.15, 0.2) is 0 Å². The maximum Gasteiger partial charge on any atom is 0.118 e. The maximum absolute atomic E-state index is 5.67. The predicted molar refractivity (Wildman–Crippen MR) is 65.2 cm³/mol. The van der Waals surface area contributed by atoms with Crippen LogP contribution in [0.5, 0.6) is 0 Å². The summed E-state index contributed by atoms with van der Waals surface area (Å²) in [5.74, 6) is 2.09. The summed E-state index contributed by atoms with van der Waals surface area (Å²) < 4.78 is 5.64. The van der Waals surface area contributed by atoms with Gasteiger partial charge in [0, 0.05) is 6.04 Å². The van der Waals surface area contributed by atoms with Crippen molar-refractivity contribution in [2.45, 2.75) is 45.2 Å². The first kappa shape index (κ1) is 11.7. The summed E-state index contributed by atoms with van der Waals surface area (Å²) in [5, 5.41) is 0. The number of likely N-dealkylation sites (tertiary alicyclic amines) is 1. The van der Waals surface area contributed by atoms with E-state index in [1.165, 1.54) is 25.8 Å². The molecule has 0 saturated carbocycles. The van der Waals surface area contributed by atoms with Crippen molar-refractivity contribution in [2.24, 2.45) is 5.73 Å². The average Bonchev–Trinajstić information content (AvgIpc) is 2.67. The van der Waals surface area contributed by atoms with Crippen LogP contribution in [0.25, 0.3) is 0 Å². The Morgan fingerprint density at radius 1 is 1.44 bits per heavy atom. The molecule has 0 radical (unpaired) electrons. The lowest BCUT2D eigenvalue weighted by molar-refractivity contribution is 0.124. The fourth-order valence-electron chi connectivity index (χ4n) is 2.56. The minimum Gasteiger partial charge on any atom is -0.465 e. The minimum absolute atomic E-state index is 0.657. The van der Waals surface area contributed by atoms with E-state index < -0.39 is 0 Å². The minimum atomic E-state index is 0.657. The molecular weight excluding hydrogens is 200 g/mol. The molecule has 2 heterocycles. The van der Waals surface area contributed by atoms with Gasteiger partial charge in [0.05, 0.1) is 6.54 Å². The van der Waals surface area contributed by atoms with Crippen LogP contribution in [-0.4, -0.2) is 24.0 Å². The molecule has 1 aliphatic rings. The van der Waals surface area contributed by atoms with Crippen LogP contribution in [0.15, 0.2) is 16.5 Å². The summed E-state index contributed by atoms with van der Waals surface area (Å²) in [7, 11) is 0. The summed E-state index contributed by atoms with van der Waals surface area (Å²) in [4.78, 5) is 2.52. The summed E-state index contributed by atoms with van der Waals surface area (Å²) in [6.45, 7) is 4.92. The van der Waals surface area contributed by atoms with Gasteiger partial charge in [0.2, 0.25) is 0 Å². The van der Waals surface area contributed by atoms with Gasteiger partial charge in [0.1, 0.15) is 11.5 Å². The highest BCUT2D eigenvalue weighted by Gasteiger charge is 2.22. The average molecular weight is 222 g/mol. The maximum atomic E-state index is 5.67. The first-order chi connectivity index (χ1) is 7.79. The number of hydrogen-bond acceptors (Lipinski definition) is 3. The third-order valence-electron chi connectivity index (χ3n) is 3.40. The zero-order valence-electron chi connectivity index (χ0n) is 10.1. The molecule has 90 valence electrons. The highest BCUT2D eigenvalue weighted by molar-refractivity contribution is 5.05. The second kappa shape index (κ2) is 5.51. The van der Waals surface area contributed by atoms with Gasteiger partial charge in [-0.2, -0.15) is 0 Å². The van der Waals surface area contributed by atoms with Gasteiger partial charge in [-0.15, -0.1) is 0 Å². The first-order valence-electron chi connectivity index (χ1n) is 6.29. The van der Waals surface area contributed by atoms with E-state index in [2.05, 4.69) is 11.0 Å². The molecule has 3 heteroatoms. The molecule has 3 nitrogen and oxygen atoms in total. The smallest absolute Gasteiger partial charge is 0.118 e. The topological polar surface area (TPSA) is 42.4 Å². The van der Waals surface area contributed by atoms with Crippen molar-refractivity contribution in [1.29, 1.82) is 0 Å². The summed E-state index contributed by atoms with van der Waals surface area (Å²) >= 11 is 0. The van der Waals surface area contributed by atoms with Crippen molar-refractivity contribution in [3.05, 3.63) is 23.7 Å². The molecule has 1 unspecified atom stereocenters. The third-order valence-corrected chi connectivity index (χ3v) is 3.40. The van der Waals surface area contributed by atoms with Gasteiger partial charge in [-0.05, 0) is 51.4 Å². The molecule has 1 aliphatic heterocycles. The Labute approximate surface area is 97.6 Å². The number of aryl methyl sites for hydroxylation is 1. The summed E-state index contributed by atoms with van der Waals surface area (Å²) in [6.07, 6.45) is 5.05. The number of hydrogen-bond donors (Lipinski definition) is 1. The van der Waals surface area contributed by atoms with Crippen LogP contribution < -0.4 is 5.73 Å². The van der Waals surface area contributed by atoms with E-state index in [1.807, 2.05) is 13.0 Å². The van der Waals surface area contributed by atoms with E-state index in [0.717, 1.165) is 31.0 Å². The van der Waals surface area contributed by atoms with Crippen molar-refractivity contribution in [1.82, 2.24) is 4.90 Å². The predicted octanol–water partition coefficient (Wildman–Crippen LogP) is 2.29. The highest BCUT2D eigenvalue weighted by Crippen LogP contribution is 2.22. The van der Waals surface area contributed by atoms with Crippen molar-refractivity contribution < 1.29 is 4.42 Å². The summed E-state index contributed by atoms with van der Waals surface area (Å²) in [5.41, 5.74) is 5.67. The van der Waals surface area contributed by atoms with Crippen LogP contribution in [0.3, 0.4) is 0 Å². The van der Waals surface area contributed by atoms with Crippen LogP contribution in [-0.2, 0) is 6.54 Å². The lowest BCUT2D eigenvalue weighted by Gasteiger charge is -2.34. The molecule has 1 aromatic rings. The second-order valence-electron chi connectivity index (χ2n) is 4.71. The van der Waals surface area contributed by atoms with Crippen molar-refractivity contribution in [3.8, 4) is 0 Å². The lowest BCUT2D eigenvalue weighted by atomic mass is 9.99. The molecule has 1 aromatic heterocycles. The van der Waals surface area contributed by atoms with Crippen LogP contribution >= 0.6 is 0 Å². The molecule has 0 bridgehead atoms. The lowest BCUT2D eigenvalue weighted by Crippen LogP contribution is -2.40. The van der Waals surface area contributed by atoms with Gasteiger partial charge in [-0.3, -0.25) is 4.90 Å². The van der Waals surface area contributed by atoms with Gasteiger partial charge >= 0.3 is 0 Å². The molecule has 0 amide bonds. The quantitative estimate of drug-likeness (QED) is 0.850. The number of nitrogens with two attached hydrogens (primary N) is 1. The molecule has 1 saturated heterocycles. The monoisotopic (exact) mass is 222 g/mol. The number of furan rings is 1. The Morgan fingerprint density at radius 2 is 2.31 bits per heavy atom. The van der Waals surface area contributed by atoms with Crippen LogP contribution in [0, 0.1) is 6.92 Å². The SMILES string of the molecule is Cc1ccc(CN2CCCCC2CCN)o1. The standard InChI is InChI=1S/C13H22N2O/c1-11-5-6-13(16-11)10-15-9-3-2-4-12(15)7-8-14/h5-6,12H,2-4,7-10,14H2,1H3. The van der Waals surface area contributed by atoms with Crippen molar-refractivity contribution >= 4 is 0 Å². The number of piperidine rings is 1. The number of nitrogens with zero attached hydrogens (tertiary/aromatic N) is 1. The molecule has 1 atom stereocenters. The zero-order chi connectivity index (χ0) is 11.4. The normalized spacial score (nSPS) is 22.5. The molecule has 0 aromatic carbocycles. The molecule has 1 fully saturated rings. The van der Waals surface area contributed by atoms with E-state index in [9.17, 15) is 0 Å². The third kappa shape index (κ3) is 2.86. The highest BCUT2D eigenvalue weighted by atomic mass is 16.3. The van der Waals surface area contributed by atoms with Crippen LogP contribution in [0.4, 0.5) is 0 Å². The summed E-state index contributed by atoms with van der Waals surface area (Å²) in [6, 6.07) is 4.78. The molecular formula is C13H22N2O.